The highest BCUT2D eigenvalue weighted by atomic mass is 15.0. The zero-order valence-corrected chi connectivity index (χ0v) is 13.8. The lowest BCUT2D eigenvalue weighted by Crippen LogP contribution is -2.00. The molecule has 0 spiro atoms. The molecule has 0 fully saturated rings. The fraction of sp³-hybridized carbons (Fsp3) is 0.0476. The van der Waals surface area contributed by atoms with Crippen molar-refractivity contribution in [2.45, 2.75) is 6.92 Å². The Bertz CT molecular complexity index is 999. The van der Waals surface area contributed by atoms with Gasteiger partial charge in [0.25, 0.3) is 0 Å². The van der Waals surface area contributed by atoms with Crippen LogP contribution < -0.4 is 0 Å². The van der Waals surface area contributed by atoms with E-state index in [-0.39, 0.29) is 0 Å². The first-order chi connectivity index (χ1) is 12.3. The smallest absolute Gasteiger partial charge is 0.164 e. The van der Waals surface area contributed by atoms with Gasteiger partial charge in [-0.15, -0.1) is 0 Å². The van der Waals surface area contributed by atoms with Gasteiger partial charge >= 0.3 is 0 Å². The van der Waals surface area contributed by atoms with Crippen molar-refractivity contribution in [1.82, 2.24) is 19.9 Å². The first-order valence-electron chi connectivity index (χ1n) is 8.09. The minimum Gasteiger partial charge on any atom is -0.265 e. The zero-order valence-electron chi connectivity index (χ0n) is 13.8. The van der Waals surface area contributed by atoms with Gasteiger partial charge in [-0.05, 0) is 30.2 Å². The number of aryl methyl sites for hydroxylation is 1. The zero-order chi connectivity index (χ0) is 17.1. The quantitative estimate of drug-likeness (QED) is 0.553. The number of hydrogen-bond donors (Lipinski definition) is 0. The number of pyridine rings is 1. The van der Waals surface area contributed by atoms with Crippen LogP contribution in [0.4, 0.5) is 0 Å². The lowest BCUT2D eigenvalue weighted by atomic mass is 10.00. The number of aromatic nitrogens is 4. The average molecular weight is 324 g/mol. The molecule has 4 aromatic rings. The van der Waals surface area contributed by atoms with Crippen LogP contribution >= 0.6 is 0 Å². The average Bonchev–Trinajstić information content (AvgIpc) is 2.69. The van der Waals surface area contributed by atoms with Crippen LogP contribution in [-0.4, -0.2) is 19.9 Å². The van der Waals surface area contributed by atoms with Crippen LogP contribution in [-0.2, 0) is 0 Å². The molecule has 120 valence electrons. The van der Waals surface area contributed by atoms with Gasteiger partial charge < -0.3 is 0 Å². The molecule has 0 aliphatic rings. The van der Waals surface area contributed by atoms with Gasteiger partial charge in [0.05, 0.1) is 0 Å². The van der Waals surface area contributed by atoms with E-state index < -0.39 is 0 Å². The Morgan fingerprint density at radius 3 is 1.96 bits per heavy atom. The van der Waals surface area contributed by atoms with E-state index in [1.54, 1.807) is 12.4 Å². The van der Waals surface area contributed by atoms with Crippen LogP contribution in [0.1, 0.15) is 5.82 Å². The summed E-state index contributed by atoms with van der Waals surface area (Å²) in [5.74, 6) is 2.07. The third kappa shape index (κ3) is 3.15. The van der Waals surface area contributed by atoms with Crippen molar-refractivity contribution in [3.8, 4) is 33.9 Å². The molecule has 0 saturated carbocycles. The Morgan fingerprint density at radius 2 is 1.20 bits per heavy atom. The highest BCUT2D eigenvalue weighted by Crippen LogP contribution is 2.30. The summed E-state index contributed by atoms with van der Waals surface area (Å²) >= 11 is 0. The molecule has 0 amide bonds. The van der Waals surface area contributed by atoms with E-state index in [9.17, 15) is 0 Å². The van der Waals surface area contributed by atoms with Crippen molar-refractivity contribution in [1.29, 1.82) is 0 Å². The Hall–Kier alpha value is -3.40. The first-order valence-corrected chi connectivity index (χ1v) is 8.09. The largest absolute Gasteiger partial charge is 0.265 e. The molecule has 4 rings (SSSR count). The van der Waals surface area contributed by atoms with Gasteiger partial charge in [-0.25, -0.2) is 15.0 Å². The molecule has 0 N–H and O–H groups in total. The molecule has 0 atom stereocenters. The fourth-order valence-corrected chi connectivity index (χ4v) is 2.78. The van der Waals surface area contributed by atoms with Gasteiger partial charge in [-0.3, -0.25) is 4.98 Å². The molecule has 0 radical (unpaired) electrons. The molecule has 4 heteroatoms. The van der Waals surface area contributed by atoms with Crippen molar-refractivity contribution in [2.24, 2.45) is 0 Å². The SMILES string of the molecule is Cc1nc(-c2ccccc2)nc(-c2ccccc2-c2ccncc2)n1. The van der Waals surface area contributed by atoms with E-state index in [4.69, 9.17) is 4.98 Å². The van der Waals surface area contributed by atoms with Crippen LogP contribution in [0, 0.1) is 6.92 Å². The highest BCUT2D eigenvalue weighted by molar-refractivity contribution is 5.80. The van der Waals surface area contributed by atoms with E-state index in [0.29, 0.717) is 17.5 Å². The highest BCUT2D eigenvalue weighted by Gasteiger charge is 2.12. The normalized spacial score (nSPS) is 10.6. The minimum atomic E-state index is 0.679. The summed E-state index contributed by atoms with van der Waals surface area (Å²) in [6.45, 7) is 1.90. The van der Waals surface area contributed by atoms with Gasteiger partial charge in [0.15, 0.2) is 11.6 Å². The molecule has 2 heterocycles. The van der Waals surface area contributed by atoms with Crippen LogP contribution in [0.3, 0.4) is 0 Å². The number of nitrogens with zero attached hydrogens (tertiary/aromatic N) is 4. The molecule has 25 heavy (non-hydrogen) atoms. The minimum absolute atomic E-state index is 0.679. The number of benzene rings is 2. The molecule has 0 saturated heterocycles. The maximum Gasteiger partial charge on any atom is 0.164 e. The summed E-state index contributed by atoms with van der Waals surface area (Å²) in [6.07, 6.45) is 3.58. The fourth-order valence-electron chi connectivity index (χ4n) is 2.78. The molecule has 0 aliphatic heterocycles. The lowest BCUT2D eigenvalue weighted by Gasteiger charge is -2.10. The molecule has 4 nitrogen and oxygen atoms in total. The standard InChI is InChI=1S/C21H16N4/c1-15-23-20(17-7-3-2-4-8-17)25-21(24-15)19-10-6-5-9-18(19)16-11-13-22-14-12-16/h2-14H,1H3. The molecule has 0 unspecified atom stereocenters. The molecule has 2 aromatic carbocycles. The van der Waals surface area contributed by atoms with E-state index >= 15 is 0 Å². The topological polar surface area (TPSA) is 51.6 Å². The van der Waals surface area contributed by atoms with E-state index in [1.165, 1.54) is 0 Å². The maximum absolute atomic E-state index is 4.72. The molecular formula is C21H16N4. The Balaban J connectivity index is 1.88. The van der Waals surface area contributed by atoms with Gasteiger partial charge in [0.1, 0.15) is 5.82 Å². The summed E-state index contributed by atoms with van der Waals surface area (Å²) in [5.41, 5.74) is 4.13. The van der Waals surface area contributed by atoms with Crippen molar-refractivity contribution >= 4 is 0 Å². The van der Waals surface area contributed by atoms with Crippen molar-refractivity contribution in [3.63, 3.8) is 0 Å². The van der Waals surface area contributed by atoms with E-state index in [2.05, 4.69) is 21.0 Å². The van der Waals surface area contributed by atoms with Gasteiger partial charge in [-0.2, -0.15) is 0 Å². The molecular weight excluding hydrogens is 308 g/mol. The monoisotopic (exact) mass is 324 g/mol. The van der Waals surface area contributed by atoms with Gasteiger partial charge in [0.2, 0.25) is 0 Å². The molecule has 0 bridgehead atoms. The Morgan fingerprint density at radius 1 is 0.560 bits per heavy atom. The van der Waals surface area contributed by atoms with E-state index in [1.807, 2.05) is 67.6 Å². The lowest BCUT2D eigenvalue weighted by molar-refractivity contribution is 0.992. The Labute approximate surface area is 146 Å². The summed E-state index contributed by atoms with van der Waals surface area (Å²) in [4.78, 5) is 17.9. The molecule has 2 aromatic heterocycles. The summed E-state index contributed by atoms with van der Waals surface area (Å²) < 4.78 is 0. The van der Waals surface area contributed by atoms with Crippen LogP contribution in [0.25, 0.3) is 33.9 Å². The second kappa shape index (κ2) is 6.61. The third-order valence-electron chi connectivity index (χ3n) is 3.94. The Kier molecular flexibility index (Phi) is 4.01. The number of rotatable bonds is 3. The van der Waals surface area contributed by atoms with Gasteiger partial charge in [0, 0.05) is 23.5 Å². The summed E-state index contributed by atoms with van der Waals surface area (Å²) in [7, 11) is 0. The third-order valence-corrected chi connectivity index (χ3v) is 3.94. The van der Waals surface area contributed by atoms with Crippen molar-refractivity contribution < 1.29 is 0 Å². The van der Waals surface area contributed by atoms with Crippen LogP contribution in [0.15, 0.2) is 79.1 Å². The second-order valence-corrected chi connectivity index (χ2v) is 5.68. The van der Waals surface area contributed by atoms with E-state index in [0.717, 1.165) is 22.3 Å². The van der Waals surface area contributed by atoms with Crippen LogP contribution in [0.2, 0.25) is 0 Å². The maximum atomic E-state index is 4.72. The van der Waals surface area contributed by atoms with Crippen molar-refractivity contribution in [3.05, 3.63) is 84.9 Å². The summed E-state index contributed by atoms with van der Waals surface area (Å²) in [6, 6.07) is 22.1. The number of hydrogen-bond acceptors (Lipinski definition) is 4. The van der Waals surface area contributed by atoms with Crippen molar-refractivity contribution in [2.75, 3.05) is 0 Å². The van der Waals surface area contributed by atoms with Crippen LogP contribution in [0.5, 0.6) is 0 Å². The first kappa shape index (κ1) is 15.1. The molecule has 0 aliphatic carbocycles. The summed E-state index contributed by atoms with van der Waals surface area (Å²) in [5, 5.41) is 0. The second-order valence-electron chi connectivity index (χ2n) is 5.68. The van der Waals surface area contributed by atoms with Gasteiger partial charge in [-0.1, -0.05) is 54.6 Å². The predicted octanol–water partition coefficient (Wildman–Crippen LogP) is 4.58. The predicted molar refractivity (Wildman–Crippen MR) is 98.7 cm³/mol.